The normalized spacial score (nSPS) is 10.2. The predicted octanol–water partition coefficient (Wildman–Crippen LogP) is 3.01. The van der Waals surface area contributed by atoms with Gasteiger partial charge in [0.15, 0.2) is 0 Å². The summed E-state index contributed by atoms with van der Waals surface area (Å²) in [6, 6.07) is 6.27. The molecule has 0 atom stereocenters. The Morgan fingerprint density at radius 3 is 2.94 bits per heavy atom. The van der Waals surface area contributed by atoms with Gasteiger partial charge in [-0.2, -0.15) is 0 Å². The first kappa shape index (κ1) is 11.8. The molecule has 0 spiro atoms. The second-order valence-electron chi connectivity index (χ2n) is 3.83. The summed E-state index contributed by atoms with van der Waals surface area (Å²) in [4.78, 5) is 14.4. The fourth-order valence-corrected chi connectivity index (χ4v) is 2.55. The van der Waals surface area contributed by atoms with Crippen molar-refractivity contribution in [1.82, 2.24) is 4.98 Å². The number of aromatic nitrogens is 1. The van der Waals surface area contributed by atoms with Crippen molar-refractivity contribution in [3.63, 3.8) is 0 Å². The Bertz CT molecular complexity index is 534. The summed E-state index contributed by atoms with van der Waals surface area (Å²) in [7, 11) is 0. The van der Waals surface area contributed by atoms with Gasteiger partial charge in [0.1, 0.15) is 11.6 Å². The minimum absolute atomic E-state index is 0.185. The van der Waals surface area contributed by atoms with E-state index in [1.807, 2.05) is 5.38 Å². The molecule has 1 heterocycles. The van der Waals surface area contributed by atoms with E-state index in [4.69, 9.17) is 0 Å². The van der Waals surface area contributed by atoms with Crippen LogP contribution in [0.4, 0.5) is 0 Å². The first-order valence-electron chi connectivity index (χ1n) is 5.21. The molecule has 1 radical (unpaired) electrons. The first-order chi connectivity index (χ1) is 8.20. The van der Waals surface area contributed by atoms with E-state index in [0.29, 0.717) is 0 Å². The molecule has 3 nitrogen and oxygen atoms in total. The first-order valence-corrected chi connectivity index (χ1v) is 6.09. The molecule has 0 saturated carbocycles. The predicted molar refractivity (Wildman–Crippen MR) is 67.5 cm³/mol. The molecule has 1 aromatic carbocycles. The lowest BCUT2D eigenvalue weighted by Gasteiger charge is -2.03. The maximum Gasteiger partial charge on any atom is 0.417 e. The highest BCUT2D eigenvalue weighted by Crippen LogP contribution is 2.27. The van der Waals surface area contributed by atoms with Crippen LogP contribution in [0, 0.1) is 13.8 Å². The van der Waals surface area contributed by atoms with Gasteiger partial charge in [-0.15, -0.1) is 11.3 Å². The van der Waals surface area contributed by atoms with Crippen LogP contribution < -0.4 is 0 Å². The summed E-state index contributed by atoms with van der Waals surface area (Å²) >= 11 is 1.55. The van der Waals surface area contributed by atoms with Crippen molar-refractivity contribution in [3.05, 3.63) is 40.4 Å². The third-order valence-corrected chi connectivity index (χ3v) is 3.37. The van der Waals surface area contributed by atoms with E-state index in [1.54, 1.807) is 11.3 Å². The fraction of sp³-hybridized carbons (Fsp3) is 0.231. The van der Waals surface area contributed by atoms with Crippen LogP contribution in [0.25, 0.3) is 10.6 Å². The van der Waals surface area contributed by atoms with Gasteiger partial charge in [-0.1, -0.05) is 23.8 Å². The van der Waals surface area contributed by atoms with Gasteiger partial charge in [0.05, 0.1) is 5.69 Å². The maximum absolute atomic E-state index is 9.97. The highest BCUT2D eigenvalue weighted by Gasteiger charge is 2.07. The van der Waals surface area contributed by atoms with Gasteiger partial charge >= 0.3 is 6.47 Å². The van der Waals surface area contributed by atoms with Gasteiger partial charge in [-0.25, -0.2) is 9.78 Å². The van der Waals surface area contributed by atoms with Gasteiger partial charge in [0, 0.05) is 10.9 Å². The smallest absolute Gasteiger partial charge is 0.417 e. The van der Waals surface area contributed by atoms with Crippen LogP contribution in [0.1, 0.15) is 16.8 Å². The largest absolute Gasteiger partial charge is 0.451 e. The molecule has 0 aliphatic carbocycles. The number of ether oxygens (including phenoxy) is 1. The minimum Gasteiger partial charge on any atom is -0.451 e. The van der Waals surface area contributed by atoms with Crippen molar-refractivity contribution >= 4 is 17.8 Å². The SMILES string of the molecule is Cc1ccc(-c2nc(CO[C]=O)cs2)c(C)c1. The van der Waals surface area contributed by atoms with Crippen molar-refractivity contribution in [2.45, 2.75) is 20.5 Å². The fourth-order valence-electron chi connectivity index (χ4n) is 1.65. The standard InChI is InChI=1S/C13H12NO2S/c1-9-3-4-12(10(2)5-9)13-14-11(7-17-13)6-16-8-15/h3-5,7H,6H2,1-2H3. The van der Waals surface area contributed by atoms with E-state index in [9.17, 15) is 4.79 Å². The van der Waals surface area contributed by atoms with Crippen molar-refractivity contribution in [2.75, 3.05) is 0 Å². The zero-order valence-corrected chi connectivity index (χ0v) is 10.5. The molecule has 87 valence electrons. The molecule has 17 heavy (non-hydrogen) atoms. The molecule has 4 heteroatoms. The third kappa shape index (κ3) is 2.71. The number of hydrogen-bond acceptors (Lipinski definition) is 4. The van der Waals surface area contributed by atoms with Crippen LogP contribution in [0.3, 0.4) is 0 Å². The Balaban J connectivity index is 2.27. The van der Waals surface area contributed by atoms with Crippen molar-refractivity contribution in [3.8, 4) is 10.6 Å². The molecule has 0 aliphatic rings. The number of hydrogen-bond donors (Lipinski definition) is 0. The number of nitrogens with zero attached hydrogens (tertiary/aromatic N) is 1. The molecule has 0 saturated heterocycles. The van der Waals surface area contributed by atoms with E-state index in [1.165, 1.54) is 17.6 Å². The van der Waals surface area contributed by atoms with Crippen LogP contribution >= 0.6 is 11.3 Å². The van der Waals surface area contributed by atoms with Gasteiger partial charge < -0.3 is 4.74 Å². The zero-order valence-electron chi connectivity index (χ0n) is 9.69. The molecule has 2 aromatic rings. The number of rotatable bonds is 4. The second-order valence-corrected chi connectivity index (χ2v) is 4.69. The average molecular weight is 246 g/mol. The molecule has 0 aliphatic heterocycles. The number of thiazole rings is 1. The lowest BCUT2D eigenvalue weighted by molar-refractivity contribution is 0.264. The summed E-state index contributed by atoms with van der Waals surface area (Å²) in [6.45, 7) is 5.72. The quantitative estimate of drug-likeness (QED) is 0.832. The average Bonchev–Trinajstić information content (AvgIpc) is 2.75. The lowest BCUT2D eigenvalue weighted by Crippen LogP contribution is -1.90. The van der Waals surface area contributed by atoms with E-state index in [0.717, 1.165) is 16.3 Å². The maximum atomic E-state index is 9.97. The summed E-state index contributed by atoms with van der Waals surface area (Å²) in [5, 5.41) is 2.85. The Hall–Kier alpha value is -1.68. The van der Waals surface area contributed by atoms with Crippen LogP contribution in [0.15, 0.2) is 23.6 Å². The molecule has 2 rings (SSSR count). The van der Waals surface area contributed by atoms with Crippen molar-refractivity contribution < 1.29 is 9.53 Å². The van der Waals surface area contributed by atoms with Gasteiger partial charge in [-0.05, 0) is 19.4 Å². The second kappa shape index (κ2) is 5.10. The summed E-state index contributed by atoms with van der Waals surface area (Å²) < 4.78 is 4.56. The van der Waals surface area contributed by atoms with Crippen molar-refractivity contribution in [1.29, 1.82) is 0 Å². The Kier molecular flexibility index (Phi) is 3.54. The zero-order chi connectivity index (χ0) is 12.3. The van der Waals surface area contributed by atoms with Gasteiger partial charge in [-0.3, -0.25) is 0 Å². The lowest BCUT2D eigenvalue weighted by atomic mass is 10.1. The summed E-state index contributed by atoms with van der Waals surface area (Å²) in [6.07, 6.45) is 0. The van der Waals surface area contributed by atoms with Crippen LogP contribution in [-0.4, -0.2) is 11.5 Å². The molecular weight excluding hydrogens is 234 g/mol. The minimum atomic E-state index is 0.185. The number of benzene rings is 1. The van der Waals surface area contributed by atoms with E-state index in [2.05, 4.69) is 41.8 Å². The summed E-state index contributed by atoms with van der Waals surface area (Å²) in [5.74, 6) is 0. The highest BCUT2D eigenvalue weighted by atomic mass is 32.1. The third-order valence-electron chi connectivity index (χ3n) is 2.44. The molecule has 0 amide bonds. The number of carbonyl (C=O) groups excluding carboxylic acids is 1. The molecule has 0 N–H and O–H groups in total. The van der Waals surface area contributed by atoms with Gasteiger partial charge in [0.25, 0.3) is 0 Å². The Morgan fingerprint density at radius 2 is 2.24 bits per heavy atom. The Labute approximate surface area is 104 Å². The molecule has 0 unspecified atom stereocenters. The Morgan fingerprint density at radius 1 is 1.41 bits per heavy atom. The summed E-state index contributed by atoms with van der Waals surface area (Å²) in [5.41, 5.74) is 4.32. The van der Waals surface area contributed by atoms with Crippen molar-refractivity contribution in [2.24, 2.45) is 0 Å². The van der Waals surface area contributed by atoms with E-state index >= 15 is 0 Å². The molecular formula is C13H12NO2S. The molecule has 1 aromatic heterocycles. The van der Waals surface area contributed by atoms with Gasteiger partial charge in [0.2, 0.25) is 0 Å². The highest BCUT2D eigenvalue weighted by molar-refractivity contribution is 7.13. The van der Waals surface area contributed by atoms with E-state index in [-0.39, 0.29) is 6.61 Å². The monoisotopic (exact) mass is 246 g/mol. The van der Waals surface area contributed by atoms with E-state index < -0.39 is 0 Å². The number of aryl methyl sites for hydroxylation is 2. The molecule has 0 fully saturated rings. The topological polar surface area (TPSA) is 39.2 Å². The van der Waals surface area contributed by atoms with Crippen LogP contribution in [0.2, 0.25) is 0 Å². The van der Waals surface area contributed by atoms with Crippen LogP contribution in [-0.2, 0) is 16.1 Å². The van der Waals surface area contributed by atoms with Crippen LogP contribution in [0.5, 0.6) is 0 Å². The molecule has 0 bridgehead atoms.